The van der Waals surface area contributed by atoms with Crippen molar-refractivity contribution in [2.45, 2.75) is 72.0 Å². The van der Waals surface area contributed by atoms with Gasteiger partial charge in [0, 0.05) is 37.6 Å². The molecule has 1 aromatic rings. The van der Waals surface area contributed by atoms with E-state index < -0.39 is 0 Å². The lowest BCUT2D eigenvalue weighted by molar-refractivity contribution is -0.128. The molecule has 3 heterocycles. The number of piperidine rings is 2. The Kier molecular flexibility index (Phi) is 8.07. The van der Waals surface area contributed by atoms with Crippen LogP contribution >= 0.6 is 0 Å². The fourth-order valence-electron chi connectivity index (χ4n) is 5.13. The Balaban J connectivity index is 1.48. The summed E-state index contributed by atoms with van der Waals surface area (Å²) >= 11 is 0. The second kappa shape index (κ2) is 10.5. The highest BCUT2D eigenvalue weighted by atomic mass is 16.2. The predicted octanol–water partition coefficient (Wildman–Crippen LogP) is 3.55. The molecule has 0 bridgehead atoms. The second-order valence-corrected chi connectivity index (χ2v) is 9.73. The molecule has 2 aliphatic heterocycles. The Morgan fingerprint density at radius 2 is 1.86 bits per heavy atom. The first-order valence-electron chi connectivity index (χ1n) is 11.6. The Morgan fingerprint density at radius 3 is 2.48 bits per heavy atom. The molecule has 0 aromatic carbocycles. The number of hydrogen-bond acceptors (Lipinski definition) is 4. The maximum absolute atomic E-state index is 12.9. The van der Waals surface area contributed by atoms with Crippen LogP contribution in [0.15, 0.2) is 24.5 Å². The summed E-state index contributed by atoms with van der Waals surface area (Å²) < 4.78 is 0. The topological polar surface area (TPSA) is 48.5 Å². The van der Waals surface area contributed by atoms with Gasteiger partial charge in [-0.05, 0) is 68.8 Å². The number of rotatable bonds is 7. The van der Waals surface area contributed by atoms with Crippen molar-refractivity contribution in [1.29, 1.82) is 0 Å². The summed E-state index contributed by atoms with van der Waals surface area (Å²) in [5.74, 6) is 1.37. The Bertz CT molecular complexity index is 617. The molecule has 5 nitrogen and oxygen atoms in total. The van der Waals surface area contributed by atoms with Gasteiger partial charge in [-0.1, -0.05) is 33.8 Å². The van der Waals surface area contributed by atoms with Crippen LogP contribution < -0.4 is 5.32 Å². The minimum Gasteiger partial charge on any atom is -0.353 e. The van der Waals surface area contributed by atoms with Gasteiger partial charge in [0.25, 0.3) is 0 Å². The number of pyridine rings is 1. The number of hydrogen-bond donors (Lipinski definition) is 1. The first-order chi connectivity index (χ1) is 13.9. The summed E-state index contributed by atoms with van der Waals surface area (Å²) in [5.41, 5.74) is 1.30. The fraction of sp³-hybridized carbons (Fsp3) is 0.750. The number of carbonyl (C=O) groups excluding carboxylic acids is 1. The molecule has 1 atom stereocenters. The molecule has 2 fully saturated rings. The van der Waals surface area contributed by atoms with Gasteiger partial charge in [0.15, 0.2) is 0 Å². The van der Waals surface area contributed by atoms with Crippen molar-refractivity contribution in [3.8, 4) is 0 Å². The average Bonchev–Trinajstić information content (AvgIpc) is 2.73. The van der Waals surface area contributed by atoms with Gasteiger partial charge in [0.1, 0.15) is 0 Å². The lowest BCUT2D eigenvalue weighted by Crippen LogP contribution is -2.52. The zero-order valence-electron chi connectivity index (χ0n) is 18.8. The highest BCUT2D eigenvalue weighted by Crippen LogP contribution is 2.25. The fourth-order valence-corrected chi connectivity index (χ4v) is 5.13. The van der Waals surface area contributed by atoms with Gasteiger partial charge in [-0.25, -0.2) is 0 Å². The Hall–Kier alpha value is -1.46. The van der Waals surface area contributed by atoms with Crippen molar-refractivity contribution in [3.05, 3.63) is 30.1 Å². The van der Waals surface area contributed by atoms with Crippen LogP contribution in [0.3, 0.4) is 0 Å². The van der Waals surface area contributed by atoms with Crippen LogP contribution in [0.5, 0.6) is 0 Å². The largest absolute Gasteiger partial charge is 0.353 e. The lowest BCUT2D eigenvalue weighted by Gasteiger charge is -2.42. The molecule has 3 rings (SSSR count). The molecule has 2 saturated heterocycles. The van der Waals surface area contributed by atoms with E-state index in [9.17, 15) is 4.79 Å². The molecule has 5 heteroatoms. The first-order valence-corrected chi connectivity index (χ1v) is 11.6. The summed E-state index contributed by atoms with van der Waals surface area (Å²) in [6.45, 7) is 14.2. The molecule has 0 unspecified atom stereocenters. The third kappa shape index (κ3) is 6.26. The van der Waals surface area contributed by atoms with Crippen molar-refractivity contribution in [2.24, 2.45) is 17.8 Å². The summed E-state index contributed by atoms with van der Waals surface area (Å²) in [4.78, 5) is 22.3. The monoisotopic (exact) mass is 400 g/mol. The molecule has 0 radical (unpaired) electrons. The summed E-state index contributed by atoms with van der Waals surface area (Å²) in [7, 11) is 0. The van der Waals surface area contributed by atoms with Crippen LogP contribution in [0, 0.1) is 17.8 Å². The van der Waals surface area contributed by atoms with E-state index in [-0.39, 0.29) is 17.9 Å². The van der Waals surface area contributed by atoms with Gasteiger partial charge < -0.3 is 5.32 Å². The van der Waals surface area contributed by atoms with Crippen molar-refractivity contribution in [2.75, 3.05) is 26.2 Å². The van der Waals surface area contributed by atoms with E-state index in [1.54, 1.807) is 0 Å². The van der Waals surface area contributed by atoms with E-state index in [0.29, 0.717) is 17.9 Å². The number of aromatic nitrogens is 1. The Labute approximate surface area is 177 Å². The molecule has 1 aromatic heterocycles. The van der Waals surface area contributed by atoms with E-state index in [0.717, 1.165) is 45.6 Å². The van der Waals surface area contributed by atoms with Crippen LogP contribution in [0.25, 0.3) is 0 Å². The van der Waals surface area contributed by atoms with Crippen molar-refractivity contribution in [1.82, 2.24) is 20.1 Å². The third-order valence-corrected chi connectivity index (χ3v) is 6.77. The van der Waals surface area contributed by atoms with Crippen LogP contribution in [-0.4, -0.2) is 59.0 Å². The van der Waals surface area contributed by atoms with Crippen LogP contribution in [-0.2, 0) is 11.3 Å². The summed E-state index contributed by atoms with van der Waals surface area (Å²) in [6, 6.07) is 5.08. The maximum atomic E-state index is 12.9. The molecule has 29 heavy (non-hydrogen) atoms. The minimum atomic E-state index is 0.150. The maximum Gasteiger partial charge on any atom is 0.224 e. The van der Waals surface area contributed by atoms with Crippen molar-refractivity contribution < 1.29 is 4.79 Å². The van der Waals surface area contributed by atoms with Gasteiger partial charge in [0.2, 0.25) is 5.91 Å². The molecule has 0 saturated carbocycles. The SMILES string of the molecule is CC(C)C(NC(=O)[C@@H]1CCCN(C2CCN(Cc3cccnc3)CC2)C1)C(C)C. The third-order valence-electron chi connectivity index (χ3n) is 6.77. The van der Waals surface area contributed by atoms with Crippen LogP contribution in [0.2, 0.25) is 0 Å². The highest BCUT2D eigenvalue weighted by molar-refractivity contribution is 5.79. The van der Waals surface area contributed by atoms with E-state index >= 15 is 0 Å². The van der Waals surface area contributed by atoms with Gasteiger partial charge in [-0.15, -0.1) is 0 Å². The zero-order valence-corrected chi connectivity index (χ0v) is 18.8. The summed E-state index contributed by atoms with van der Waals surface area (Å²) in [5, 5.41) is 3.36. The first kappa shape index (κ1) is 22.2. The predicted molar refractivity (Wildman–Crippen MR) is 118 cm³/mol. The van der Waals surface area contributed by atoms with Gasteiger partial charge in [-0.2, -0.15) is 0 Å². The zero-order chi connectivity index (χ0) is 20.8. The van der Waals surface area contributed by atoms with E-state index in [2.05, 4.69) is 53.9 Å². The minimum absolute atomic E-state index is 0.150. The molecule has 2 aliphatic rings. The van der Waals surface area contributed by atoms with Gasteiger partial charge in [-0.3, -0.25) is 19.6 Å². The van der Waals surface area contributed by atoms with Gasteiger partial charge >= 0.3 is 0 Å². The number of carbonyl (C=O) groups is 1. The number of nitrogens with zero attached hydrogens (tertiary/aromatic N) is 3. The molecule has 1 amide bonds. The number of likely N-dealkylation sites (tertiary alicyclic amines) is 2. The van der Waals surface area contributed by atoms with E-state index in [1.165, 1.54) is 18.4 Å². The van der Waals surface area contributed by atoms with E-state index in [1.807, 2.05) is 18.5 Å². The average molecular weight is 401 g/mol. The standard InChI is InChI=1S/C24H40N4O/c1-18(2)23(19(3)4)26-24(29)21-8-6-12-28(17-21)22-9-13-27(14-10-22)16-20-7-5-11-25-15-20/h5,7,11,15,18-19,21-23H,6,8-10,12-14,16-17H2,1-4H3,(H,26,29)/t21-/m1/s1. The molecule has 162 valence electrons. The van der Waals surface area contributed by atoms with E-state index in [4.69, 9.17) is 0 Å². The molecule has 0 aliphatic carbocycles. The van der Waals surface area contributed by atoms with Crippen molar-refractivity contribution >= 4 is 5.91 Å². The molecular weight excluding hydrogens is 360 g/mol. The quantitative estimate of drug-likeness (QED) is 0.760. The number of nitrogens with one attached hydrogen (secondary N) is 1. The smallest absolute Gasteiger partial charge is 0.224 e. The molecular formula is C24H40N4O. The highest BCUT2D eigenvalue weighted by Gasteiger charge is 2.33. The van der Waals surface area contributed by atoms with Crippen LogP contribution in [0.1, 0.15) is 58.9 Å². The number of amides is 1. The Morgan fingerprint density at radius 1 is 1.14 bits per heavy atom. The molecule has 1 N–H and O–H groups in total. The van der Waals surface area contributed by atoms with Crippen LogP contribution in [0.4, 0.5) is 0 Å². The van der Waals surface area contributed by atoms with Gasteiger partial charge in [0.05, 0.1) is 5.92 Å². The normalized spacial score (nSPS) is 22.5. The lowest BCUT2D eigenvalue weighted by atomic mass is 9.90. The van der Waals surface area contributed by atoms with Crippen molar-refractivity contribution in [3.63, 3.8) is 0 Å². The molecule has 0 spiro atoms. The second-order valence-electron chi connectivity index (χ2n) is 9.73. The summed E-state index contributed by atoms with van der Waals surface area (Å²) in [6.07, 6.45) is 8.39.